The topological polar surface area (TPSA) is 191 Å². The number of guanidine groups is 2. The van der Waals surface area contributed by atoms with E-state index in [0.29, 0.717) is 19.8 Å². The molecule has 2 saturated heterocycles. The minimum absolute atomic E-state index is 0.0525. The van der Waals surface area contributed by atoms with Crippen molar-refractivity contribution in [3.8, 4) is 11.5 Å². The zero-order valence-electron chi connectivity index (χ0n) is 31.5. The van der Waals surface area contributed by atoms with Crippen molar-refractivity contribution in [1.29, 1.82) is 0 Å². The fourth-order valence-electron chi connectivity index (χ4n) is 6.57. The van der Waals surface area contributed by atoms with E-state index in [-0.39, 0.29) is 56.6 Å². The van der Waals surface area contributed by atoms with Crippen molar-refractivity contribution in [3.05, 3.63) is 58.9 Å². The highest BCUT2D eigenvalue weighted by Crippen LogP contribution is 2.39. The molecule has 4 aromatic rings. The van der Waals surface area contributed by atoms with Crippen LogP contribution < -0.4 is 31.6 Å². The summed E-state index contributed by atoms with van der Waals surface area (Å²) < 4.78 is 92.4. The Balaban J connectivity index is 0.000000218. The van der Waals surface area contributed by atoms with Gasteiger partial charge in [-0.25, -0.2) is 0 Å². The minimum atomic E-state index is -4.59. The van der Waals surface area contributed by atoms with Crippen molar-refractivity contribution in [2.45, 2.75) is 44.5 Å². The van der Waals surface area contributed by atoms with Crippen LogP contribution in [0.2, 0.25) is 0 Å². The van der Waals surface area contributed by atoms with Gasteiger partial charge >= 0.3 is 12.4 Å². The second kappa shape index (κ2) is 18.6. The number of fused-ring (bicyclic) bond motifs is 2. The summed E-state index contributed by atoms with van der Waals surface area (Å²) in [6.45, 7) is 6.21. The van der Waals surface area contributed by atoms with Crippen LogP contribution in [-0.2, 0) is 12.4 Å². The zero-order chi connectivity index (χ0) is 41.3. The van der Waals surface area contributed by atoms with Gasteiger partial charge in [0.25, 0.3) is 11.8 Å². The highest BCUT2D eigenvalue weighted by molar-refractivity contribution is 6.07. The average molecular weight is 809 g/mol. The maximum absolute atomic E-state index is 13.5. The first kappa shape index (κ1) is 42.6. The fraction of sp³-hybridized carbons (Fsp3) is 0.459. The van der Waals surface area contributed by atoms with E-state index in [2.05, 4.69) is 40.4 Å². The molecule has 2 aliphatic rings. The van der Waals surface area contributed by atoms with Gasteiger partial charge in [-0.05, 0) is 82.5 Å². The molecule has 20 heteroatoms. The second-order valence-corrected chi connectivity index (χ2v) is 13.5. The Morgan fingerprint density at radius 3 is 1.47 bits per heavy atom. The summed E-state index contributed by atoms with van der Waals surface area (Å²) in [5.74, 6) is -1.41. The molecule has 2 fully saturated rings. The summed E-state index contributed by atoms with van der Waals surface area (Å²) >= 11 is 0. The number of likely N-dealkylation sites (tertiary alicyclic amines) is 2. The number of hydrogen-bond donors (Lipinski definition) is 6. The van der Waals surface area contributed by atoms with E-state index >= 15 is 0 Å². The SMILES string of the molecule is CN=C(N)NC(=O)c1cc2c(C(F)(F)F)cc(OCCCN3CCCC3)cc2[nH]1.CN=C(N)NC(=O)c1cc2c(C(F)(F)F)cc(OCCN3CCCC3)cc2[nH]1. The smallest absolute Gasteiger partial charge is 0.417 e. The largest absolute Gasteiger partial charge is 0.493 e. The molecule has 14 nitrogen and oxygen atoms in total. The van der Waals surface area contributed by atoms with Crippen LogP contribution in [0.5, 0.6) is 11.5 Å². The molecular weight excluding hydrogens is 762 g/mol. The Bertz CT molecular complexity index is 2080. The van der Waals surface area contributed by atoms with Crippen molar-refractivity contribution in [2.75, 3.05) is 66.6 Å². The van der Waals surface area contributed by atoms with E-state index in [1.165, 1.54) is 39.1 Å². The third-order valence-electron chi connectivity index (χ3n) is 9.45. The van der Waals surface area contributed by atoms with Crippen LogP contribution in [0.25, 0.3) is 21.8 Å². The Labute approximate surface area is 324 Å². The molecule has 310 valence electrons. The van der Waals surface area contributed by atoms with Crippen LogP contribution in [0.3, 0.4) is 0 Å². The number of halogens is 6. The molecule has 0 saturated carbocycles. The third kappa shape index (κ3) is 11.5. The quantitative estimate of drug-likeness (QED) is 0.0525. The molecule has 2 amide bonds. The Morgan fingerprint density at radius 2 is 1.07 bits per heavy atom. The highest BCUT2D eigenvalue weighted by Gasteiger charge is 2.35. The number of alkyl halides is 6. The van der Waals surface area contributed by atoms with Gasteiger partial charge in [0.2, 0.25) is 0 Å². The number of aliphatic imine (C=N–C) groups is 2. The van der Waals surface area contributed by atoms with Crippen LogP contribution in [-0.4, -0.2) is 110 Å². The molecule has 8 N–H and O–H groups in total. The van der Waals surface area contributed by atoms with Gasteiger partial charge in [-0.2, -0.15) is 26.3 Å². The number of nitrogens with zero attached hydrogens (tertiary/aromatic N) is 4. The van der Waals surface area contributed by atoms with Gasteiger partial charge in [0.1, 0.15) is 29.5 Å². The highest BCUT2D eigenvalue weighted by atomic mass is 19.4. The van der Waals surface area contributed by atoms with Crippen molar-refractivity contribution in [1.82, 2.24) is 30.4 Å². The number of nitrogens with one attached hydrogen (secondary N) is 4. The monoisotopic (exact) mass is 808 g/mol. The molecule has 0 unspecified atom stereocenters. The second-order valence-electron chi connectivity index (χ2n) is 13.5. The Kier molecular flexibility index (Phi) is 13.9. The van der Waals surface area contributed by atoms with Crippen molar-refractivity contribution in [3.63, 3.8) is 0 Å². The number of H-pyrrole nitrogens is 2. The van der Waals surface area contributed by atoms with Gasteiger partial charge in [0, 0.05) is 50.1 Å². The molecule has 2 aliphatic heterocycles. The number of aromatic amines is 2. The van der Waals surface area contributed by atoms with Crippen LogP contribution in [0.4, 0.5) is 26.3 Å². The summed E-state index contributed by atoms with van der Waals surface area (Å²) in [7, 11) is 2.77. The number of aromatic nitrogens is 2. The predicted molar refractivity (Wildman–Crippen MR) is 204 cm³/mol. The number of carbonyl (C=O) groups is 2. The number of rotatable bonds is 11. The van der Waals surface area contributed by atoms with E-state index in [9.17, 15) is 35.9 Å². The molecule has 0 bridgehead atoms. The van der Waals surface area contributed by atoms with Crippen molar-refractivity contribution >= 4 is 45.5 Å². The normalized spacial score (nSPS) is 15.9. The summed E-state index contributed by atoms with van der Waals surface area (Å²) in [5, 5.41) is 4.35. The number of carbonyl (C=O) groups excluding carboxylic acids is 2. The Morgan fingerprint density at radius 1 is 0.667 bits per heavy atom. The number of nitrogens with two attached hydrogens (primary N) is 2. The number of amides is 2. The molecule has 0 radical (unpaired) electrons. The first-order valence-electron chi connectivity index (χ1n) is 18.3. The molecule has 2 aromatic carbocycles. The molecule has 57 heavy (non-hydrogen) atoms. The van der Waals surface area contributed by atoms with Gasteiger partial charge in [-0.1, -0.05) is 0 Å². The van der Waals surface area contributed by atoms with Gasteiger partial charge in [-0.15, -0.1) is 0 Å². The van der Waals surface area contributed by atoms with Crippen LogP contribution in [0.1, 0.15) is 64.2 Å². The maximum atomic E-state index is 13.5. The van der Waals surface area contributed by atoms with Crippen LogP contribution in [0, 0.1) is 0 Å². The molecule has 0 aliphatic carbocycles. The fourth-order valence-corrected chi connectivity index (χ4v) is 6.57. The lowest BCUT2D eigenvalue weighted by molar-refractivity contribution is -0.137. The van der Waals surface area contributed by atoms with Crippen molar-refractivity contribution in [2.24, 2.45) is 21.5 Å². The standard InChI is InChI=1S/C19H24F3N5O2.C18H22F3N5O2/c1-24-18(23)26-17(28)16-11-13-14(19(20,21)22)9-12(10-15(13)25-16)29-8-4-7-27-5-2-3-6-27;1-23-17(22)25-16(27)15-10-12-13(18(19,20)21)8-11(9-14(12)24-15)28-7-6-26-4-2-3-5-26/h9-11,25H,2-8H2,1H3,(H3,23,24,26,28);8-10,24H,2-7H2,1H3,(H3,22,23,25,27). The van der Waals surface area contributed by atoms with E-state index in [1.807, 2.05) is 0 Å². The molecule has 2 aromatic heterocycles. The first-order chi connectivity index (χ1) is 27.0. The maximum Gasteiger partial charge on any atom is 0.417 e. The lowest BCUT2D eigenvalue weighted by Gasteiger charge is -2.16. The molecular formula is C37H46F6N10O4. The number of hydrogen-bond acceptors (Lipinski definition) is 8. The van der Waals surface area contributed by atoms with Gasteiger partial charge in [0.05, 0.1) is 28.8 Å². The number of benzene rings is 2. The Hall–Kier alpha value is -5.50. The molecule has 4 heterocycles. The number of ether oxygens (including phenoxy) is 2. The lowest BCUT2D eigenvalue weighted by atomic mass is 10.1. The van der Waals surface area contributed by atoms with Crippen molar-refractivity contribution < 1.29 is 45.4 Å². The van der Waals surface area contributed by atoms with Crippen LogP contribution in [0.15, 0.2) is 46.4 Å². The minimum Gasteiger partial charge on any atom is -0.493 e. The first-order valence-corrected chi connectivity index (χ1v) is 18.3. The lowest BCUT2D eigenvalue weighted by Crippen LogP contribution is -2.36. The van der Waals surface area contributed by atoms with Gasteiger partial charge in [0.15, 0.2) is 11.9 Å². The summed E-state index contributed by atoms with van der Waals surface area (Å²) in [6.07, 6.45) is -3.82. The van der Waals surface area contributed by atoms with E-state index in [0.717, 1.165) is 76.3 Å². The van der Waals surface area contributed by atoms with E-state index in [1.54, 1.807) is 0 Å². The summed E-state index contributed by atoms with van der Waals surface area (Å²) in [5.41, 5.74) is 9.35. The molecule has 6 rings (SSSR count). The zero-order valence-corrected chi connectivity index (χ0v) is 31.5. The van der Waals surface area contributed by atoms with Crippen LogP contribution >= 0.6 is 0 Å². The van der Waals surface area contributed by atoms with Gasteiger partial charge in [-0.3, -0.25) is 35.1 Å². The average Bonchev–Trinajstić information content (AvgIpc) is 3.99. The van der Waals surface area contributed by atoms with E-state index < -0.39 is 35.3 Å². The van der Waals surface area contributed by atoms with E-state index in [4.69, 9.17) is 20.9 Å². The summed E-state index contributed by atoms with van der Waals surface area (Å²) in [4.78, 5) is 41.4. The third-order valence-corrected chi connectivity index (χ3v) is 9.45. The van der Waals surface area contributed by atoms with Gasteiger partial charge < -0.3 is 35.8 Å². The predicted octanol–water partition coefficient (Wildman–Crippen LogP) is 5.06. The summed E-state index contributed by atoms with van der Waals surface area (Å²) in [6, 6.07) is 7.15. The molecule has 0 spiro atoms. The molecule has 0 atom stereocenters.